The zero-order chi connectivity index (χ0) is 18.7. The molecule has 5 atom stereocenters. The molecule has 1 aliphatic carbocycles. The first kappa shape index (κ1) is 22.3. The molecule has 1 unspecified atom stereocenters. The number of hydrogen-bond acceptors (Lipinski definition) is 5. The molecule has 5 heteroatoms. The number of hydrogen-bond donors (Lipinski definition) is 4. The fraction of sp³-hybridized carbons (Fsp3) is 0.850. The Bertz CT molecular complexity index is 394. The Morgan fingerprint density at radius 2 is 1.76 bits per heavy atom. The second-order valence-electron chi connectivity index (χ2n) is 7.43. The second-order valence-corrected chi connectivity index (χ2v) is 7.43. The van der Waals surface area contributed by atoms with Crippen LogP contribution in [0.4, 0.5) is 0 Å². The normalized spacial score (nSPS) is 26.4. The van der Waals surface area contributed by atoms with E-state index in [9.17, 15) is 20.1 Å². The molecule has 0 aromatic heterocycles. The molecule has 0 amide bonds. The van der Waals surface area contributed by atoms with Crippen molar-refractivity contribution in [3.05, 3.63) is 12.2 Å². The molecule has 0 bridgehead atoms. The molecule has 0 radical (unpaired) electrons. The lowest BCUT2D eigenvalue weighted by Gasteiger charge is -2.18. The monoisotopic (exact) mass is 356 g/mol. The summed E-state index contributed by atoms with van der Waals surface area (Å²) in [5.74, 6) is -0.216. The van der Waals surface area contributed by atoms with Gasteiger partial charge in [0.05, 0.1) is 18.3 Å². The van der Waals surface area contributed by atoms with Crippen LogP contribution in [0.3, 0.4) is 0 Å². The highest BCUT2D eigenvalue weighted by molar-refractivity contribution is 5.84. The van der Waals surface area contributed by atoms with E-state index in [2.05, 4.69) is 0 Å². The van der Waals surface area contributed by atoms with E-state index in [1.165, 1.54) is 0 Å². The number of Topliss-reactive ketones (excluding diaryl/α,β-unsaturated/α-hetero) is 1. The zero-order valence-electron chi connectivity index (χ0n) is 15.5. The van der Waals surface area contributed by atoms with Crippen molar-refractivity contribution in [3.8, 4) is 0 Å². The molecule has 5 nitrogen and oxygen atoms in total. The summed E-state index contributed by atoms with van der Waals surface area (Å²) in [6, 6.07) is 0. The molecule has 25 heavy (non-hydrogen) atoms. The predicted octanol–water partition coefficient (Wildman–Crippen LogP) is 2.35. The first-order valence-electron chi connectivity index (χ1n) is 9.81. The van der Waals surface area contributed by atoms with E-state index >= 15 is 0 Å². The lowest BCUT2D eigenvalue weighted by Crippen LogP contribution is -2.19. The smallest absolute Gasteiger partial charge is 0.139 e. The van der Waals surface area contributed by atoms with Crippen LogP contribution in [0.5, 0.6) is 0 Å². The molecule has 146 valence electrons. The van der Waals surface area contributed by atoms with Crippen LogP contribution in [0, 0.1) is 11.8 Å². The first-order chi connectivity index (χ1) is 12.0. The van der Waals surface area contributed by atoms with Gasteiger partial charge in [0, 0.05) is 24.9 Å². The maximum Gasteiger partial charge on any atom is 0.139 e. The number of carbonyl (C=O) groups excluding carboxylic acids is 1. The Balaban J connectivity index is 2.40. The summed E-state index contributed by atoms with van der Waals surface area (Å²) in [6.45, 7) is 1.97. The lowest BCUT2D eigenvalue weighted by atomic mass is 9.88. The fourth-order valence-electron chi connectivity index (χ4n) is 3.57. The molecule has 1 saturated carbocycles. The molecule has 1 rings (SSSR count). The summed E-state index contributed by atoms with van der Waals surface area (Å²) in [7, 11) is 0. The molecule has 0 aliphatic heterocycles. The third-order valence-electron chi connectivity index (χ3n) is 5.08. The Morgan fingerprint density at radius 3 is 2.44 bits per heavy atom. The third-order valence-corrected chi connectivity index (χ3v) is 5.08. The minimum atomic E-state index is -0.646. The van der Waals surface area contributed by atoms with Crippen molar-refractivity contribution in [2.24, 2.45) is 11.8 Å². The zero-order valence-corrected chi connectivity index (χ0v) is 15.5. The first-order valence-corrected chi connectivity index (χ1v) is 9.81. The summed E-state index contributed by atoms with van der Waals surface area (Å²) < 4.78 is 0. The highest BCUT2D eigenvalue weighted by atomic mass is 16.3. The van der Waals surface area contributed by atoms with Gasteiger partial charge in [-0.15, -0.1) is 0 Å². The molecule has 1 aliphatic rings. The number of ketones is 1. The minimum Gasteiger partial charge on any atom is -0.396 e. The van der Waals surface area contributed by atoms with Crippen molar-refractivity contribution in [1.29, 1.82) is 0 Å². The Hall–Kier alpha value is -0.750. The van der Waals surface area contributed by atoms with E-state index in [1.807, 2.05) is 6.08 Å². The maximum absolute atomic E-state index is 12.1. The summed E-state index contributed by atoms with van der Waals surface area (Å²) in [5.41, 5.74) is 0. The molecule has 0 spiro atoms. The quantitative estimate of drug-likeness (QED) is 0.300. The van der Waals surface area contributed by atoms with Gasteiger partial charge in [0.25, 0.3) is 0 Å². The molecule has 0 aromatic carbocycles. The standard InChI is InChI=1S/C20H36O5/c1-15(22)8-7-9-16(23)11-12-18-17(19(24)14-20(18)25)10-5-3-2-4-6-13-21/h11-12,15-18,20-23,25H,2-10,13-14H2,1H3/b12-11+/t15?,16-,17-,18-,20-/m1/s1. The summed E-state index contributed by atoms with van der Waals surface area (Å²) >= 11 is 0. The van der Waals surface area contributed by atoms with E-state index in [-0.39, 0.29) is 36.8 Å². The van der Waals surface area contributed by atoms with E-state index in [0.29, 0.717) is 12.8 Å². The van der Waals surface area contributed by atoms with Crippen molar-refractivity contribution in [2.45, 2.75) is 89.4 Å². The van der Waals surface area contributed by atoms with Gasteiger partial charge < -0.3 is 20.4 Å². The van der Waals surface area contributed by atoms with Gasteiger partial charge >= 0.3 is 0 Å². The van der Waals surface area contributed by atoms with Crippen LogP contribution in [0.2, 0.25) is 0 Å². The predicted molar refractivity (Wildman–Crippen MR) is 98.1 cm³/mol. The number of carbonyl (C=O) groups is 1. The molecule has 4 N–H and O–H groups in total. The molecule has 0 saturated heterocycles. The Morgan fingerprint density at radius 1 is 1.08 bits per heavy atom. The van der Waals surface area contributed by atoms with Crippen LogP contribution in [0.1, 0.15) is 71.1 Å². The van der Waals surface area contributed by atoms with Gasteiger partial charge in [-0.25, -0.2) is 0 Å². The van der Waals surface area contributed by atoms with E-state index in [1.54, 1.807) is 13.0 Å². The molecular weight excluding hydrogens is 320 g/mol. The Labute approximate surface area is 151 Å². The van der Waals surface area contributed by atoms with Gasteiger partial charge in [-0.1, -0.05) is 37.8 Å². The molecular formula is C20H36O5. The maximum atomic E-state index is 12.1. The number of aliphatic hydroxyl groups is 4. The van der Waals surface area contributed by atoms with Crippen LogP contribution < -0.4 is 0 Å². The molecule has 0 heterocycles. The van der Waals surface area contributed by atoms with Gasteiger partial charge in [0.2, 0.25) is 0 Å². The van der Waals surface area contributed by atoms with E-state index in [0.717, 1.165) is 44.9 Å². The van der Waals surface area contributed by atoms with Crippen molar-refractivity contribution in [2.75, 3.05) is 6.61 Å². The van der Waals surface area contributed by atoms with Crippen molar-refractivity contribution >= 4 is 5.78 Å². The Kier molecular flexibility index (Phi) is 11.2. The number of aliphatic hydroxyl groups excluding tert-OH is 4. The van der Waals surface area contributed by atoms with E-state index in [4.69, 9.17) is 5.11 Å². The fourth-order valence-corrected chi connectivity index (χ4v) is 3.57. The van der Waals surface area contributed by atoms with Crippen molar-refractivity contribution in [1.82, 2.24) is 0 Å². The highest BCUT2D eigenvalue weighted by Crippen LogP contribution is 2.34. The minimum absolute atomic E-state index is 0.126. The van der Waals surface area contributed by atoms with Gasteiger partial charge in [0.1, 0.15) is 5.78 Å². The topological polar surface area (TPSA) is 98.0 Å². The van der Waals surface area contributed by atoms with Crippen LogP contribution >= 0.6 is 0 Å². The van der Waals surface area contributed by atoms with Crippen LogP contribution in [0.25, 0.3) is 0 Å². The second kappa shape index (κ2) is 12.6. The number of unbranched alkanes of at least 4 members (excludes halogenated alkanes) is 4. The van der Waals surface area contributed by atoms with Gasteiger partial charge in [-0.3, -0.25) is 4.79 Å². The molecule has 1 fully saturated rings. The average molecular weight is 357 g/mol. The van der Waals surface area contributed by atoms with E-state index < -0.39 is 12.2 Å². The van der Waals surface area contributed by atoms with Crippen molar-refractivity contribution < 1.29 is 25.2 Å². The number of rotatable bonds is 13. The lowest BCUT2D eigenvalue weighted by molar-refractivity contribution is -0.121. The average Bonchev–Trinajstić information content (AvgIpc) is 2.81. The summed E-state index contributed by atoms with van der Waals surface area (Å²) in [5, 5.41) is 38.2. The largest absolute Gasteiger partial charge is 0.396 e. The SMILES string of the molecule is CC(O)CCC[C@@H](O)/C=C/[C@H]1[C@H](O)CC(=O)[C@@H]1CCCCCCCO. The summed E-state index contributed by atoms with van der Waals surface area (Å²) in [6.07, 6.45) is 9.79. The van der Waals surface area contributed by atoms with Crippen molar-refractivity contribution in [3.63, 3.8) is 0 Å². The van der Waals surface area contributed by atoms with Crippen LogP contribution in [-0.2, 0) is 4.79 Å². The van der Waals surface area contributed by atoms with Gasteiger partial charge in [-0.2, -0.15) is 0 Å². The van der Waals surface area contributed by atoms with Gasteiger partial charge in [-0.05, 0) is 39.0 Å². The summed E-state index contributed by atoms with van der Waals surface area (Å²) in [4.78, 5) is 12.1. The third kappa shape index (κ3) is 8.95. The van der Waals surface area contributed by atoms with Crippen LogP contribution in [-0.4, -0.2) is 51.1 Å². The van der Waals surface area contributed by atoms with Gasteiger partial charge in [0.15, 0.2) is 0 Å². The highest BCUT2D eigenvalue weighted by Gasteiger charge is 2.39. The van der Waals surface area contributed by atoms with Crippen LogP contribution in [0.15, 0.2) is 12.2 Å². The molecule has 0 aromatic rings.